The van der Waals surface area contributed by atoms with E-state index in [9.17, 15) is 19.2 Å². The molecule has 4 heteroatoms. The highest BCUT2D eigenvalue weighted by Crippen LogP contribution is 2.40. The van der Waals surface area contributed by atoms with Gasteiger partial charge in [-0.1, -0.05) is 97.6 Å². The smallest absolute Gasteiger partial charge is 0.163 e. The Morgan fingerprint density at radius 2 is 1.65 bits per heavy atom. The number of Topliss-reactive ketones (excluding diaryl/α,β-unsaturated/α-hetero) is 4. The third kappa shape index (κ3) is 10.7. The van der Waals surface area contributed by atoms with Crippen molar-refractivity contribution in [3.8, 4) is 11.1 Å². The molecule has 1 aliphatic rings. The highest BCUT2D eigenvalue weighted by atomic mass is 16.1. The van der Waals surface area contributed by atoms with Crippen LogP contribution in [0.4, 0.5) is 0 Å². The van der Waals surface area contributed by atoms with Crippen molar-refractivity contribution >= 4 is 23.1 Å². The monoisotopic (exact) mass is 588 g/mol. The molecule has 0 amide bonds. The number of fused-ring (bicyclic) bond motifs is 1. The Morgan fingerprint density at radius 3 is 2.26 bits per heavy atom. The molecule has 2 aromatic carbocycles. The lowest BCUT2D eigenvalue weighted by Gasteiger charge is -2.32. The second-order valence-corrected chi connectivity index (χ2v) is 13.1. The molecule has 0 fully saturated rings. The average molecular weight is 589 g/mol. The number of carbonyl (C=O) groups excluding carboxylic acids is 4. The Hall–Kier alpha value is -2.88. The van der Waals surface area contributed by atoms with E-state index in [1.165, 1.54) is 13.3 Å². The summed E-state index contributed by atoms with van der Waals surface area (Å²) in [7, 11) is 0. The summed E-state index contributed by atoms with van der Waals surface area (Å²) in [5.41, 5.74) is 5.64. The van der Waals surface area contributed by atoms with Crippen molar-refractivity contribution < 1.29 is 19.2 Å². The normalized spacial score (nSPS) is 15.7. The maximum atomic E-state index is 13.5. The number of carbonyl (C=O) groups is 4. The van der Waals surface area contributed by atoms with E-state index in [0.717, 1.165) is 78.3 Å². The first kappa shape index (κ1) is 36.3. The van der Waals surface area contributed by atoms with Crippen LogP contribution >= 0.6 is 0 Å². The van der Waals surface area contributed by atoms with E-state index in [1.54, 1.807) is 0 Å². The maximum absolute atomic E-state index is 13.5. The zero-order chi connectivity index (χ0) is 32.1. The van der Waals surface area contributed by atoms with Gasteiger partial charge in [0, 0.05) is 29.9 Å². The highest BCUT2D eigenvalue weighted by Gasteiger charge is 2.34. The number of hydrogen-bond acceptors (Lipinski definition) is 4. The number of ketones is 4. The Balaban J connectivity index is 0.00000206. The Labute approximate surface area is 261 Å². The molecule has 1 aliphatic carbocycles. The zero-order valence-corrected chi connectivity index (χ0v) is 28.2. The SMILES string of the molecule is CCC.CCCC(CC1CC(=O)c2c(C)ccc(-c3cccc(C(=O)CCCC(C)C)c3)c2C1)C(CC)C(=O)CC(C)=O. The fourth-order valence-electron chi connectivity index (χ4n) is 6.69. The van der Waals surface area contributed by atoms with Crippen molar-refractivity contribution in [1.82, 2.24) is 0 Å². The van der Waals surface area contributed by atoms with E-state index in [-0.39, 0.29) is 47.3 Å². The van der Waals surface area contributed by atoms with Crippen LogP contribution in [0.3, 0.4) is 0 Å². The van der Waals surface area contributed by atoms with E-state index in [1.807, 2.05) is 44.2 Å². The quantitative estimate of drug-likeness (QED) is 0.153. The Kier molecular flexibility index (Phi) is 15.2. The van der Waals surface area contributed by atoms with E-state index >= 15 is 0 Å². The van der Waals surface area contributed by atoms with Gasteiger partial charge in [0.05, 0.1) is 6.42 Å². The third-order valence-corrected chi connectivity index (χ3v) is 8.59. The molecule has 0 saturated heterocycles. The van der Waals surface area contributed by atoms with Gasteiger partial charge in [-0.15, -0.1) is 0 Å². The van der Waals surface area contributed by atoms with Crippen LogP contribution in [0.1, 0.15) is 145 Å². The fourth-order valence-corrected chi connectivity index (χ4v) is 6.69. The van der Waals surface area contributed by atoms with Crippen LogP contribution in [0.15, 0.2) is 36.4 Å². The lowest BCUT2D eigenvalue weighted by molar-refractivity contribution is -0.129. The molecule has 0 spiro atoms. The van der Waals surface area contributed by atoms with E-state index in [4.69, 9.17) is 0 Å². The zero-order valence-electron chi connectivity index (χ0n) is 28.2. The van der Waals surface area contributed by atoms with Gasteiger partial charge in [0.25, 0.3) is 0 Å². The summed E-state index contributed by atoms with van der Waals surface area (Å²) in [6, 6.07) is 12.0. The topological polar surface area (TPSA) is 68.3 Å². The van der Waals surface area contributed by atoms with Crippen molar-refractivity contribution in [3.05, 3.63) is 58.7 Å². The highest BCUT2D eigenvalue weighted by molar-refractivity contribution is 6.02. The fraction of sp³-hybridized carbons (Fsp3) is 0.590. The molecule has 0 aliphatic heterocycles. The van der Waals surface area contributed by atoms with Crippen LogP contribution in [0, 0.1) is 30.6 Å². The van der Waals surface area contributed by atoms with Crippen LogP contribution in [-0.4, -0.2) is 23.1 Å². The molecule has 236 valence electrons. The summed E-state index contributed by atoms with van der Waals surface area (Å²) in [5.74, 6) is 1.06. The van der Waals surface area contributed by atoms with Gasteiger partial charge in [-0.2, -0.15) is 0 Å². The average Bonchev–Trinajstić information content (AvgIpc) is 2.93. The molecular formula is C39H56O4. The van der Waals surface area contributed by atoms with Gasteiger partial charge in [-0.05, 0) is 85.6 Å². The van der Waals surface area contributed by atoms with Crippen molar-refractivity contribution in [2.45, 2.75) is 126 Å². The molecule has 3 rings (SSSR count). The lowest BCUT2D eigenvalue weighted by Crippen LogP contribution is -2.30. The molecule has 3 unspecified atom stereocenters. The molecule has 0 aromatic heterocycles. The van der Waals surface area contributed by atoms with Crippen LogP contribution in [0.25, 0.3) is 11.1 Å². The van der Waals surface area contributed by atoms with Crippen LogP contribution < -0.4 is 0 Å². The Bertz CT molecular complexity index is 1240. The first-order valence-corrected chi connectivity index (χ1v) is 16.8. The number of hydrogen-bond donors (Lipinski definition) is 0. The van der Waals surface area contributed by atoms with Crippen molar-refractivity contribution in [3.63, 3.8) is 0 Å². The van der Waals surface area contributed by atoms with Crippen molar-refractivity contribution in [2.24, 2.45) is 23.7 Å². The largest absolute Gasteiger partial charge is 0.300 e. The van der Waals surface area contributed by atoms with E-state index in [2.05, 4.69) is 40.7 Å². The molecule has 4 nitrogen and oxygen atoms in total. The minimum atomic E-state index is -0.143. The van der Waals surface area contributed by atoms with Crippen molar-refractivity contribution in [1.29, 1.82) is 0 Å². The molecule has 43 heavy (non-hydrogen) atoms. The molecular weight excluding hydrogens is 532 g/mol. The number of benzene rings is 2. The van der Waals surface area contributed by atoms with Gasteiger partial charge in [-0.3, -0.25) is 19.2 Å². The van der Waals surface area contributed by atoms with E-state index < -0.39 is 0 Å². The second kappa shape index (κ2) is 18.0. The molecule has 0 radical (unpaired) electrons. The lowest BCUT2D eigenvalue weighted by atomic mass is 9.71. The molecule has 3 atom stereocenters. The maximum Gasteiger partial charge on any atom is 0.163 e. The van der Waals surface area contributed by atoms with Crippen LogP contribution in [0.5, 0.6) is 0 Å². The van der Waals surface area contributed by atoms with Gasteiger partial charge >= 0.3 is 0 Å². The summed E-state index contributed by atoms with van der Waals surface area (Å²) in [4.78, 5) is 51.1. The van der Waals surface area contributed by atoms with Gasteiger partial charge < -0.3 is 0 Å². The summed E-state index contributed by atoms with van der Waals surface area (Å²) in [5, 5.41) is 0. The first-order chi connectivity index (χ1) is 20.5. The minimum absolute atomic E-state index is 0.00102. The number of rotatable bonds is 15. The molecule has 0 N–H and O–H groups in total. The van der Waals surface area contributed by atoms with E-state index in [0.29, 0.717) is 18.8 Å². The minimum Gasteiger partial charge on any atom is -0.300 e. The molecule has 2 aromatic rings. The van der Waals surface area contributed by atoms with Gasteiger partial charge in [0.2, 0.25) is 0 Å². The summed E-state index contributed by atoms with van der Waals surface area (Å²) in [6.07, 6.45) is 8.41. The molecule has 0 saturated carbocycles. The Morgan fingerprint density at radius 1 is 0.953 bits per heavy atom. The van der Waals surface area contributed by atoms with Gasteiger partial charge in [0.1, 0.15) is 11.6 Å². The number of aryl methyl sites for hydroxylation is 1. The first-order valence-electron chi connectivity index (χ1n) is 16.8. The van der Waals surface area contributed by atoms with Crippen LogP contribution in [0.2, 0.25) is 0 Å². The summed E-state index contributed by atoms with van der Waals surface area (Å²) >= 11 is 0. The predicted molar refractivity (Wildman–Crippen MR) is 179 cm³/mol. The van der Waals surface area contributed by atoms with Gasteiger partial charge in [-0.25, -0.2) is 0 Å². The van der Waals surface area contributed by atoms with Crippen molar-refractivity contribution in [2.75, 3.05) is 0 Å². The molecule has 0 heterocycles. The van der Waals surface area contributed by atoms with Crippen LogP contribution in [-0.2, 0) is 16.0 Å². The third-order valence-electron chi connectivity index (χ3n) is 8.59. The predicted octanol–water partition coefficient (Wildman–Crippen LogP) is 10.2. The summed E-state index contributed by atoms with van der Waals surface area (Å²) < 4.78 is 0. The summed E-state index contributed by atoms with van der Waals surface area (Å²) in [6.45, 7) is 16.3. The standard InChI is InChI=1S/C36H48O4.C3H8/c1-7-11-27(30(8-2)34(39)18-25(6)37)19-26-20-32-31(17-16-24(5)36(32)35(40)21-26)28-13-10-14-29(22-28)33(38)15-9-12-23(3)4;1-3-2/h10,13-14,16-17,22-23,26-27,30H,7-9,11-12,15,18-21H2,1-6H3;3H2,1-2H3. The molecule has 0 bridgehead atoms. The second-order valence-electron chi connectivity index (χ2n) is 13.1. The van der Waals surface area contributed by atoms with Gasteiger partial charge in [0.15, 0.2) is 11.6 Å².